The van der Waals surface area contributed by atoms with Crippen molar-refractivity contribution in [3.05, 3.63) is 35.4 Å². The second-order valence-electron chi connectivity index (χ2n) is 5.04. The van der Waals surface area contributed by atoms with Gasteiger partial charge < -0.3 is 15.7 Å². The number of carbonyl (C=O) groups is 2. The molecule has 1 aromatic rings. The molecule has 5 heteroatoms. The zero-order valence-corrected chi connectivity index (χ0v) is 10.9. The number of benzene rings is 1. The molecule has 2 rings (SSSR count). The Bertz CT molecular complexity index is 498. The maximum atomic E-state index is 12.4. The van der Waals surface area contributed by atoms with Crippen LogP contribution in [0.15, 0.2) is 24.3 Å². The molecule has 0 radical (unpaired) electrons. The van der Waals surface area contributed by atoms with Crippen LogP contribution >= 0.6 is 0 Å². The van der Waals surface area contributed by atoms with Gasteiger partial charge in [0.05, 0.1) is 0 Å². The van der Waals surface area contributed by atoms with E-state index in [-0.39, 0.29) is 5.91 Å². The number of likely N-dealkylation sites (tertiary alicyclic amines) is 1. The van der Waals surface area contributed by atoms with Gasteiger partial charge >= 0.3 is 5.97 Å². The Hall–Kier alpha value is -1.88. The highest BCUT2D eigenvalue weighted by molar-refractivity contribution is 5.98. The number of hydrogen-bond acceptors (Lipinski definition) is 3. The first-order valence-electron chi connectivity index (χ1n) is 6.33. The third-order valence-electron chi connectivity index (χ3n) is 3.78. The van der Waals surface area contributed by atoms with Crippen molar-refractivity contribution >= 4 is 11.9 Å². The van der Waals surface area contributed by atoms with Crippen molar-refractivity contribution in [1.82, 2.24) is 4.90 Å². The van der Waals surface area contributed by atoms with Gasteiger partial charge in [0.25, 0.3) is 5.91 Å². The number of hydrogen-bond donors (Lipinski definition) is 2. The summed E-state index contributed by atoms with van der Waals surface area (Å²) in [5.74, 6) is -1.18. The minimum Gasteiger partial charge on any atom is -0.480 e. The highest BCUT2D eigenvalue weighted by Gasteiger charge is 2.45. The lowest BCUT2D eigenvalue weighted by Crippen LogP contribution is -2.50. The maximum Gasteiger partial charge on any atom is 0.329 e. The summed E-state index contributed by atoms with van der Waals surface area (Å²) in [7, 11) is 0. The predicted molar refractivity (Wildman–Crippen MR) is 70.6 cm³/mol. The van der Waals surface area contributed by atoms with E-state index >= 15 is 0 Å². The van der Waals surface area contributed by atoms with E-state index in [1.807, 2.05) is 0 Å². The van der Waals surface area contributed by atoms with Gasteiger partial charge in [-0.2, -0.15) is 0 Å². The molecule has 19 heavy (non-hydrogen) atoms. The summed E-state index contributed by atoms with van der Waals surface area (Å²) >= 11 is 0. The summed E-state index contributed by atoms with van der Waals surface area (Å²) < 4.78 is 0. The molecule has 1 atom stereocenters. The number of carbonyl (C=O) groups excluding carboxylic acids is 1. The highest BCUT2D eigenvalue weighted by atomic mass is 16.4. The van der Waals surface area contributed by atoms with Gasteiger partial charge in [0.1, 0.15) is 5.54 Å². The van der Waals surface area contributed by atoms with Crippen molar-refractivity contribution in [1.29, 1.82) is 0 Å². The first-order valence-corrected chi connectivity index (χ1v) is 6.33. The largest absolute Gasteiger partial charge is 0.480 e. The Morgan fingerprint density at radius 1 is 1.37 bits per heavy atom. The van der Waals surface area contributed by atoms with Gasteiger partial charge in [-0.15, -0.1) is 0 Å². The number of nitrogens with two attached hydrogens (primary N) is 1. The number of rotatable bonds is 3. The zero-order chi connectivity index (χ0) is 14.0. The van der Waals surface area contributed by atoms with Gasteiger partial charge in [-0.1, -0.05) is 12.1 Å². The molecule has 1 aromatic carbocycles. The van der Waals surface area contributed by atoms with Crippen LogP contribution in [0.4, 0.5) is 0 Å². The Labute approximate surface area is 112 Å². The van der Waals surface area contributed by atoms with Crippen LogP contribution in [0.2, 0.25) is 0 Å². The molecule has 5 nitrogen and oxygen atoms in total. The number of nitrogens with zero attached hydrogens (tertiary/aromatic N) is 1. The van der Waals surface area contributed by atoms with Crippen LogP contribution in [0.5, 0.6) is 0 Å². The van der Waals surface area contributed by atoms with Crippen molar-refractivity contribution < 1.29 is 14.7 Å². The molecule has 1 fully saturated rings. The van der Waals surface area contributed by atoms with Crippen LogP contribution in [-0.2, 0) is 11.3 Å². The normalized spacial score (nSPS) is 22.5. The zero-order valence-electron chi connectivity index (χ0n) is 10.9. The Kier molecular flexibility index (Phi) is 3.57. The van der Waals surface area contributed by atoms with Crippen molar-refractivity contribution in [2.75, 3.05) is 6.54 Å². The lowest BCUT2D eigenvalue weighted by Gasteiger charge is -2.31. The highest BCUT2D eigenvalue weighted by Crippen LogP contribution is 2.30. The van der Waals surface area contributed by atoms with Crippen molar-refractivity contribution in [2.24, 2.45) is 5.73 Å². The second-order valence-corrected chi connectivity index (χ2v) is 5.04. The van der Waals surface area contributed by atoms with Gasteiger partial charge in [-0.3, -0.25) is 4.79 Å². The summed E-state index contributed by atoms with van der Waals surface area (Å²) in [6, 6.07) is 6.99. The molecule has 0 bridgehead atoms. The van der Waals surface area contributed by atoms with Crippen LogP contribution in [0.3, 0.4) is 0 Å². The smallest absolute Gasteiger partial charge is 0.329 e. The third kappa shape index (κ3) is 2.33. The quantitative estimate of drug-likeness (QED) is 0.858. The van der Waals surface area contributed by atoms with Crippen LogP contribution in [-0.4, -0.2) is 34.0 Å². The summed E-state index contributed by atoms with van der Waals surface area (Å²) in [6.45, 7) is 2.51. The van der Waals surface area contributed by atoms with Crippen molar-refractivity contribution in [3.8, 4) is 0 Å². The fraction of sp³-hybridized carbons (Fsp3) is 0.429. The standard InChI is InChI=1S/C14H18N2O3/c1-14(13(18)19)7-2-8-16(14)12(17)11-5-3-10(9-15)4-6-11/h3-6H,2,7-9,15H2,1H3,(H,18,19). The average molecular weight is 262 g/mol. The Morgan fingerprint density at radius 2 is 2.00 bits per heavy atom. The number of amides is 1. The molecule has 1 aliphatic heterocycles. The average Bonchev–Trinajstić information content (AvgIpc) is 2.81. The fourth-order valence-corrected chi connectivity index (χ4v) is 2.45. The van der Waals surface area contributed by atoms with E-state index in [1.54, 1.807) is 31.2 Å². The van der Waals surface area contributed by atoms with Crippen LogP contribution in [0.25, 0.3) is 0 Å². The van der Waals surface area contributed by atoms with Crippen molar-refractivity contribution in [2.45, 2.75) is 31.8 Å². The van der Waals surface area contributed by atoms with Gasteiger partial charge in [0.15, 0.2) is 0 Å². The van der Waals surface area contributed by atoms with E-state index in [9.17, 15) is 14.7 Å². The Morgan fingerprint density at radius 3 is 2.53 bits per heavy atom. The first kappa shape index (κ1) is 13.5. The van der Waals surface area contributed by atoms with E-state index in [1.165, 1.54) is 4.90 Å². The molecular formula is C14H18N2O3. The summed E-state index contributed by atoms with van der Waals surface area (Å²) in [5.41, 5.74) is 5.86. The van der Waals surface area contributed by atoms with E-state index in [0.717, 1.165) is 12.0 Å². The van der Waals surface area contributed by atoms with Gasteiger partial charge in [0, 0.05) is 18.7 Å². The summed E-state index contributed by atoms with van der Waals surface area (Å²) in [5, 5.41) is 9.31. The van der Waals surface area contributed by atoms with E-state index in [4.69, 9.17) is 5.73 Å². The SMILES string of the molecule is CC1(C(=O)O)CCCN1C(=O)c1ccc(CN)cc1. The molecule has 1 unspecified atom stereocenters. The molecule has 0 spiro atoms. The lowest BCUT2D eigenvalue weighted by atomic mass is 9.98. The predicted octanol–water partition coefficient (Wildman–Crippen LogP) is 1.22. The Balaban J connectivity index is 2.25. The molecule has 1 aliphatic rings. The van der Waals surface area contributed by atoms with Gasteiger partial charge in [-0.05, 0) is 37.5 Å². The summed E-state index contributed by atoms with van der Waals surface area (Å²) in [4.78, 5) is 25.2. The summed E-state index contributed by atoms with van der Waals surface area (Å²) in [6.07, 6.45) is 1.21. The molecule has 102 valence electrons. The number of carboxylic acid groups (broad SMARTS) is 1. The fourth-order valence-electron chi connectivity index (χ4n) is 2.45. The molecule has 1 amide bonds. The minimum atomic E-state index is -1.09. The van der Waals surface area contributed by atoms with Crippen LogP contribution in [0.1, 0.15) is 35.7 Å². The second kappa shape index (κ2) is 5.01. The topological polar surface area (TPSA) is 83.6 Å². The van der Waals surface area contributed by atoms with Gasteiger partial charge in [-0.25, -0.2) is 4.79 Å². The number of aliphatic carboxylic acids is 1. The third-order valence-corrected chi connectivity index (χ3v) is 3.78. The minimum absolute atomic E-state index is 0.231. The van der Waals surface area contributed by atoms with E-state index in [2.05, 4.69) is 0 Å². The molecule has 1 heterocycles. The number of carboxylic acids is 1. The molecular weight excluding hydrogens is 244 g/mol. The monoisotopic (exact) mass is 262 g/mol. The molecule has 0 aliphatic carbocycles. The van der Waals surface area contributed by atoms with Crippen LogP contribution < -0.4 is 5.73 Å². The van der Waals surface area contributed by atoms with E-state index in [0.29, 0.717) is 25.1 Å². The molecule has 0 aromatic heterocycles. The van der Waals surface area contributed by atoms with Crippen molar-refractivity contribution in [3.63, 3.8) is 0 Å². The molecule has 0 saturated carbocycles. The lowest BCUT2D eigenvalue weighted by molar-refractivity contribution is -0.147. The first-order chi connectivity index (χ1) is 8.99. The van der Waals surface area contributed by atoms with Gasteiger partial charge in [0.2, 0.25) is 0 Å². The molecule has 3 N–H and O–H groups in total. The molecule has 1 saturated heterocycles. The van der Waals surface area contributed by atoms with Crippen LogP contribution in [0, 0.1) is 0 Å². The maximum absolute atomic E-state index is 12.4. The van der Waals surface area contributed by atoms with E-state index < -0.39 is 11.5 Å².